The Bertz CT molecular complexity index is 164. The van der Waals surface area contributed by atoms with Crippen LogP contribution in [-0.4, -0.2) is 0 Å². The third-order valence-corrected chi connectivity index (χ3v) is 2.02. The first-order valence-corrected chi connectivity index (χ1v) is 8.87. The molecule has 0 saturated heterocycles. The summed E-state index contributed by atoms with van der Waals surface area (Å²) in [5.74, 6) is 2.80. The summed E-state index contributed by atoms with van der Waals surface area (Å²) in [6, 6.07) is 0. The SMILES string of the molecule is C/C=C\C.C=C.C=CC.CC(C)C.CC1CC1.CCC(C)C. The van der Waals surface area contributed by atoms with Gasteiger partial charge < -0.3 is 0 Å². The molecule has 22 heavy (non-hydrogen) atoms. The van der Waals surface area contributed by atoms with Crippen molar-refractivity contribution in [2.45, 2.75) is 88.5 Å². The Morgan fingerprint density at radius 2 is 1.05 bits per heavy atom. The normalized spacial score (nSPS) is 11.1. The molecule has 1 saturated carbocycles. The van der Waals surface area contributed by atoms with Gasteiger partial charge in [-0.05, 0) is 38.5 Å². The standard InChI is InChI=1S/C5H12.C4H8.C4H10.C4H8.C3H6.C2H4/c1-4-5(2)3;1-4-2-3-4;1-4(2)3;1-3-4-2;1-3-2;1-2/h5H,4H2,1-3H3;4H,2-3H2,1H3;4H,1-3H3;3-4H,1-2H3;3H,1H2,2H3;1-2H2/b;;;4-3-;;. The van der Waals surface area contributed by atoms with E-state index in [0.29, 0.717) is 0 Å². The van der Waals surface area contributed by atoms with E-state index >= 15 is 0 Å². The summed E-state index contributed by atoms with van der Waals surface area (Å²) in [4.78, 5) is 0. The van der Waals surface area contributed by atoms with Crippen molar-refractivity contribution in [1.82, 2.24) is 0 Å². The van der Waals surface area contributed by atoms with Crippen molar-refractivity contribution in [1.29, 1.82) is 0 Å². The maximum atomic E-state index is 3.36. The minimum atomic E-state index is 0.833. The molecule has 0 nitrogen and oxygen atoms in total. The van der Waals surface area contributed by atoms with Crippen LogP contribution in [0.1, 0.15) is 88.5 Å². The third kappa shape index (κ3) is 234. The topological polar surface area (TPSA) is 0 Å². The molecule has 136 valence electrons. The Balaban J connectivity index is -0.0000000536. The lowest BCUT2D eigenvalue weighted by Crippen LogP contribution is -1.77. The molecule has 0 spiro atoms. The summed E-state index contributed by atoms with van der Waals surface area (Å²) in [7, 11) is 0. The molecular weight excluding hydrogens is 264 g/mol. The van der Waals surface area contributed by atoms with E-state index in [0.717, 1.165) is 17.8 Å². The molecule has 0 bridgehead atoms. The first-order valence-electron chi connectivity index (χ1n) is 8.87. The summed E-state index contributed by atoms with van der Waals surface area (Å²) in [6.45, 7) is 30.7. The zero-order valence-electron chi connectivity index (χ0n) is 17.7. The fraction of sp³-hybridized carbons (Fsp3) is 0.727. The van der Waals surface area contributed by atoms with Crippen molar-refractivity contribution in [3.8, 4) is 0 Å². The molecule has 0 aromatic carbocycles. The second kappa shape index (κ2) is 36.9. The van der Waals surface area contributed by atoms with Gasteiger partial charge in [-0.3, -0.25) is 0 Å². The van der Waals surface area contributed by atoms with Gasteiger partial charge in [-0.25, -0.2) is 0 Å². The zero-order valence-corrected chi connectivity index (χ0v) is 17.7. The van der Waals surface area contributed by atoms with Gasteiger partial charge in [0.05, 0.1) is 0 Å². The maximum absolute atomic E-state index is 3.36. The molecule has 0 N–H and O–H groups in total. The van der Waals surface area contributed by atoms with Crippen LogP contribution in [0.25, 0.3) is 0 Å². The number of hydrogen-bond donors (Lipinski definition) is 0. The molecule has 0 amide bonds. The van der Waals surface area contributed by atoms with E-state index in [9.17, 15) is 0 Å². The van der Waals surface area contributed by atoms with Gasteiger partial charge in [0, 0.05) is 0 Å². The highest BCUT2D eigenvalue weighted by atomic mass is 14.2. The Kier molecular flexibility index (Phi) is 55.4. The van der Waals surface area contributed by atoms with Gasteiger partial charge in [-0.1, -0.05) is 86.0 Å². The van der Waals surface area contributed by atoms with E-state index in [1.54, 1.807) is 6.08 Å². The van der Waals surface area contributed by atoms with Gasteiger partial charge in [0.25, 0.3) is 0 Å². The molecule has 1 aliphatic carbocycles. The van der Waals surface area contributed by atoms with E-state index < -0.39 is 0 Å². The number of rotatable bonds is 1. The van der Waals surface area contributed by atoms with Gasteiger partial charge in [-0.15, -0.1) is 19.7 Å². The molecule has 0 aliphatic heterocycles. The minimum Gasteiger partial charge on any atom is -0.106 e. The summed E-state index contributed by atoms with van der Waals surface area (Å²) >= 11 is 0. The van der Waals surface area contributed by atoms with Crippen LogP contribution in [0.3, 0.4) is 0 Å². The monoisotopic (exact) mass is 312 g/mol. The summed E-state index contributed by atoms with van der Waals surface area (Å²) in [5, 5.41) is 0. The van der Waals surface area contributed by atoms with Gasteiger partial charge in [-0.2, -0.15) is 0 Å². The number of allylic oxidation sites excluding steroid dienone is 3. The second-order valence-corrected chi connectivity index (χ2v) is 6.29. The summed E-state index contributed by atoms with van der Waals surface area (Å²) in [5.41, 5.74) is 0. The molecule has 0 heteroatoms. The summed E-state index contributed by atoms with van der Waals surface area (Å²) in [6.07, 6.45) is 10.0. The molecule has 0 heterocycles. The van der Waals surface area contributed by atoms with Crippen LogP contribution in [0.4, 0.5) is 0 Å². The lowest BCUT2D eigenvalue weighted by molar-refractivity contribution is 0.626. The van der Waals surface area contributed by atoms with Crippen LogP contribution in [-0.2, 0) is 0 Å². The molecular formula is C22H48. The maximum Gasteiger partial charge on any atom is -0.0443 e. The molecule has 1 fully saturated rings. The summed E-state index contributed by atoms with van der Waals surface area (Å²) < 4.78 is 0. The molecule has 0 aromatic heterocycles. The van der Waals surface area contributed by atoms with Gasteiger partial charge >= 0.3 is 0 Å². The molecule has 0 radical (unpaired) electrons. The Morgan fingerprint density at radius 1 is 0.909 bits per heavy atom. The zero-order chi connectivity index (χ0) is 19.0. The van der Waals surface area contributed by atoms with Gasteiger partial charge in [0.2, 0.25) is 0 Å². The highest BCUT2D eigenvalue weighted by Gasteiger charge is 2.12. The van der Waals surface area contributed by atoms with Crippen LogP contribution in [0.15, 0.2) is 38.0 Å². The highest BCUT2D eigenvalue weighted by molar-refractivity contribution is 4.68. The largest absolute Gasteiger partial charge is 0.106 e. The Morgan fingerprint density at radius 3 is 1.05 bits per heavy atom. The molecule has 0 aromatic rings. The van der Waals surface area contributed by atoms with E-state index in [4.69, 9.17) is 0 Å². The van der Waals surface area contributed by atoms with Crippen LogP contribution < -0.4 is 0 Å². The van der Waals surface area contributed by atoms with E-state index in [1.807, 2.05) is 32.9 Å². The van der Waals surface area contributed by atoms with Crippen molar-refractivity contribution in [3.63, 3.8) is 0 Å². The van der Waals surface area contributed by atoms with Crippen molar-refractivity contribution >= 4 is 0 Å². The average molecular weight is 313 g/mol. The van der Waals surface area contributed by atoms with Crippen LogP contribution >= 0.6 is 0 Å². The van der Waals surface area contributed by atoms with Crippen molar-refractivity contribution in [2.24, 2.45) is 17.8 Å². The lowest BCUT2D eigenvalue weighted by atomic mass is 10.2. The van der Waals surface area contributed by atoms with Crippen LogP contribution in [0, 0.1) is 17.8 Å². The smallest absolute Gasteiger partial charge is 0.0443 e. The molecule has 0 atom stereocenters. The van der Waals surface area contributed by atoms with Crippen molar-refractivity contribution < 1.29 is 0 Å². The molecule has 1 aliphatic rings. The first kappa shape index (κ1) is 33.0. The molecule has 1 rings (SSSR count). The van der Waals surface area contributed by atoms with Crippen molar-refractivity contribution in [2.75, 3.05) is 0 Å². The van der Waals surface area contributed by atoms with E-state index in [2.05, 4.69) is 68.2 Å². The van der Waals surface area contributed by atoms with Crippen LogP contribution in [0.5, 0.6) is 0 Å². The third-order valence-electron chi connectivity index (χ3n) is 2.02. The first-order chi connectivity index (χ1) is 10.2. The number of hydrogen-bond acceptors (Lipinski definition) is 0. The lowest BCUT2D eigenvalue weighted by Gasteiger charge is -1.90. The predicted molar refractivity (Wildman–Crippen MR) is 112 cm³/mol. The fourth-order valence-corrected chi connectivity index (χ4v) is 0.167. The van der Waals surface area contributed by atoms with Crippen LogP contribution in [0.2, 0.25) is 0 Å². The van der Waals surface area contributed by atoms with E-state index in [-0.39, 0.29) is 0 Å². The average Bonchev–Trinajstić information content (AvgIpc) is 3.24. The quantitative estimate of drug-likeness (QED) is 0.425. The van der Waals surface area contributed by atoms with E-state index in [1.165, 1.54) is 19.3 Å². The Hall–Kier alpha value is -0.780. The predicted octanol–water partition coefficient (Wildman–Crippen LogP) is 8.71. The molecule has 0 unspecified atom stereocenters. The minimum absolute atomic E-state index is 0.833. The fourth-order valence-electron chi connectivity index (χ4n) is 0.167. The van der Waals surface area contributed by atoms with Gasteiger partial charge in [0.1, 0.15) is 0 Å². The second-order valence-electron chi connectivity index (χ2n) is 6.29. The van der Waals surface area contributed by atoms with Crippen molar-refractivity contribution in [3.05, 3.63) is 38.0 Å². The van der Waals surface area contributed by atoms with Gasteiger partial charge in [0.15, 0.2) is 0 Å². The highest BCUT2D eigenvalue weighted by Crippen LogP contribution is 2.26. The Labute approximate surface area is 144 Å².